The molecule has 1 aliphatic rings. The lowest BCUT2D eigenvalue weighted by molar-refractivity contribution is -0.149. The van der Waals surface area contributed by atoms with Crippen molar-refractivity contribution >= 4 is 18.0 Å². The van der Waals surface area contributed by atoms with Crippen LogP contribution in [0.25, 0.3) is 6.08 Å². The Hall–Kier alpha value is -2.14. The minimum absolute atomic E-state index is 0.394. The molecule has 2 rings (SSSR count). The Morgan fingerprint density at radius 3 is 2.48 bits per heavy atom. The lowest BCUT2D eigenvalue weighted by atomic mass is 9.76. The van der Waals surface area contributed by atoms with Crippen LogP contribution in [-0.2, 0) is 20.9 Å². The molecule has 0 atom stereocenters. The van der Waals surface area contributed by atoms with Gasteiger partial charge in [-0.25, -0.2) is 4.79 Å². The zero-order chi connectivity index (χ0) is 15.3. The van der Waals surface area contributed by atoms with Gasteiger partial charge in [-0.2, -0.15) is 0 Å². The number of ether oxygens (including phenoxy) is 1. The predicted octanol–water partition coefficient (Wildman–Crippen LogP) is 1.97. The van der Waals surface area contributed by atoms with Gasteiger partial charge in [0, 0.05) is 12.6 Å². The molecule has 0 aliphatic heterocycles. The number of esters is 1. The third kappa shape index (κ3) is 3.70. The Bertz CT molecular complexity index is 544. The molecule has 1 aromatic rings. The molecule has 0 heterocycles. The van der Waals surface area contributed by atoms with E-state index < -0.39 is 17.5 Å². The second-order valence-corrected chi connectivity index (χ2v) is 5.19. The van der Waals surface area contributed by atoms with Gasteiger partial charge in [-0.1, -0.05) is 24.3 Å². The summed E-state index contributed by atoms with van der Waals surface area (Å²) in [5.74, 6) is -1.17. The third-order valence-corrected chi connectivity index (χ3v) is 3.84. The second kappa shape index (κ2) is 6.54. The Balaban J connectivity index is 1.92. The maximum Gasteiger partial charge on any atom is 0.330 e. The van der Waals surface area contributed by atoms with Gasteiger partial charge in [0.05, 0.1) is 7.11 Å². The van der Waals surface area contributed by atoms with Crippen LogP contribution in [0.5, 0.6) is 0 Å². The summed E-state index contributed by atoms with van der Waals surface area (Å²) >= 11 is 0. The highest BCUT2D eigenvalue weighted by Crippen LogP contribution is 2.32. The van der Waals surface area contributed by atoms with E-state index >= 15 is 0 Å². The van der Waals surface area contributed by atoms with Gasteiger partial charge in [-0.15, -0.1) is 0 Å². The first kappa shape index (κ1) is 15.3. The van der Waals surface area contributed by atoms with E-state index in [0.29, 0.717) is 19.4 Å². The molecule has 1 fully saturated rings. The molecule has 5 heteroatoms. The number of methoxy groups -OCH3 is 1. The lowest BCUT2D eigenvalue weighted by Crippen LogP contribution is -2.56. The first-order valence-corrected chi connectivity index (χ1v) is 6.89. The van der Waals surface area contributed by atoms with E-state index in [-0.39, 0.29) is 0 Å². The van der Waals surface area contributed by atoms with Gasteiger partial charge >= 0.3 is 11.9 Å². The van der Waals surface area contributed by atoms with Crippen LogP contribution in [0.2, 0.25) is 0 Å². The van der Waals surface area contributed by atoms with Gasteiger partial charge in [0.2, 0.25) is 0 Å². The summed E-state index contributed by atoms with van der Waals surface area (Å²) in [5.41, 5.74) is 1.15. The summed E-state index contributed by atoms with van der Waals surface area (Å²) < 4.78 is 4.52. The summed E-state index contributed by atoms with van der Waals surface area (Å²) in [6, 6.07) is 7.59. The first-order valence-electron chi connectivity index (χ1n) is 6.89. The fourth-order valence-electron chi connectivity index (χ4n) is 2.25. The fourth-order valence-corrected chi connectivity index (χ4v) is 2.25. The zero-order valence-corrected chi connectivity index (χ0v) is 12.0. The topological polar surface area (TPSA) is 75.6 Å². The van der Waals surface area contributed by atoms with E-state index in [2.05, 4.69) is 10.1 Å². The van der Waals surface area contributed by atoms with E-state index in [4.69, 9.17) is 0 Å². The first-order chi connectivity index (χ1) is 10.1. The molecule has 0 radical (unpaired) electrons. The molecule has 2 N–H and O–H groups in total. The quantitative estimate of drug-likeness (QED) is 0.618. The number of carboxylic acids is 1. The van der Waals surface area contributed by atoms with Crippen LogP contribution in [0, 0.1) is 0 Å². The Morgan fingerprint density at radius 1 is 1.33 bits per heavy atom. The maximum atomic E-state index is 11.2. The largest absolute Gasteiger partial charge is 0.480 e. The van der Waals surface area contributed by atoms with Crippen LogP contribution in [-0.4, -0.2) is 29.7 Å². The van der Waals surface area contributed by atoms with Crippen molar-refractivity contribution in [2.45, 2.75) is 31.3 Å². The van der Waals surface area contributed by atoms with E-state index in [0.717, 1.165) is 17.5 Å². The molecule has 1 aromatic carbocycles. The molecule has 1 saturated carbocycles. The van der Waals surface area contributed by atoms with Gasteiger partial charge < -0.3 is 9.84 Å². The molecule has 0 aromatic heterocycles. The van der Waals surface area contributed by atoms with Crippen LogP contribution < -0.4 is 5.32 Å². The molecule has 0 saturated heterocycles. The second-order valence-electron chi connectivity index (χ2n) is 5.19. The third-order valence-electron chi connectivity index (χ3n) is 3.84. The number of carbonyl (C=O) groups excluding carboxylic acids is 1. The Kier molecular flexibility index (Phi) is 4.75. The maximum absolute atomic E-state index is 11.2. The molecule has 0 spiro atoms. The minimum atomic E-state index is -0.772. The number of hydrogen-bond acceptors (Lipinski definition) is 4. The van der Waals surface area contributed by atoms with Crippen molar-refractivity contribution in [2.24, 2.45) is 0 Å². The molecular weight excluding hydrogens is 270 g/mol. The Morgan fingerprint density at radius 2 is 2.00 bits per heavy atom. The molecule has 0 amide bonds. The number of hydrogen-bond donors (Lipinski definition) is 2. The van der Waals surface area contributed by atoms with E-state index in [9.17, 15) is 14.7 Å². The highest BCUT2D eigenvalue weighted by atomic mass is 16.5. The Labute approximate surface area is 123 Å². The number of rotatable bonds is 6. The highest BCUT2D eigenvalue weighted by molar-refractivity contribution is 5.86. The van der Waals surface area contributed by atoms with Crippen LogP contribution >= 0.6 is 0 Å². The highest BCUT2D eigenvalue weighted by Gasteiger charge is 2.43. The number of benzene rings is 1. The predicted molar refractivity (Wildman–Crippen MR) is 78.5 cm³/mol. The van der Waals surface area contributed by atoms with Crippen LogP contribution in [0.4, 0.5) is 0 Å². The lowest BCUT2D eigenvalue weighted by Gasteiger charge is -2.38. The standard InChI is InChI=1S/C16H19NO4/c1-21-14(18)8-7-12-3-5-13(6-4-12)11-17-16(15(19)20)9-2-10-16/h3-8,17H,2,9-11H2,1H3,(H,19,20). The van der Waals surface area contributed by atoms with Gasteiger partial charge in [0.15, 0.2) is 0 Å². The van der Waals surface area contributed by atoms with E-state index in [1.807, 2.05) is 24.3 Å². The van der Waals surface area contributed by atoms with Crippen LogP contribution in [0.3, 0.4) is 0 Å². The van der Waals surface area contributed by atoms with Crippen LogP contribution in [0.15, 0.2) is 30.3 Å². The molecule has 112 valence electrons. The van der Waals surface area contributed by atoms with Crippen molar-refractivity contribution < 1.29 is 19.4 Å². The minimum Gasteiger partial charge on any atom is -0.480 e. The summed E-state index contributed by atoms with van der Waals surface area (Å²) in [6.07, 6.45) is 5.36. The monoisotopic (exact) mass is 289 g/mol. The summed E-state index contributed by atoms with van der Waals surface area (Å²) in [5, 5.41) is 12.4. The average Bonchev–Trinajstić information content (AvgIpc) is 2.44. The van der Waals surface area contributed by atoms with Gasteiger partial charge in [0.1, 0.15) is 5.54 Å². The molecular formula is C16H19NO4. The zero-order valence-electron chi connectivity index (χ0n) is 12.0. The van der Waals surface area contributed by atoms with Crippen LogP contribution in [0.1, 0.15) is 30.4 Å². The van der Waals surface area contributed by atoms with Crippen molar-refractivity contribution in [1.29, 1.82) is 0 Å². The van der Waals surface area contributed by atoms with Crippen molar-refractivity contribution in [1.82, 2.24) is 5.32 Å². The average molecular weight is 289 g/mol. The molecule has 0 unspecified atom stereocenters. The van der Waals surface area contributed by atoms with Crippen molar-refractivity contribution in [3.8, 4) is 0 Å². The summed E-state index contributed by atoms with van der Waals surface area (Å²) in [6.45, 7) is 0.521. The molecule has 21 heavy (non-hydrogen) atoms. The number of nitrogens with one attached hydrogen (secondary N) is 1. The van der Waals surface area contributed by atoms with Gasteiger partial charge in [0.25, 0.3) is 0 Å². The fraction of sp³-hybridized carbons (Fsp3) is 0.375. The van der Waals surface area contributed by atoms with Gasteiger partial charge in [-0.3, -0.25) is 10.1 Å². The van der Waals surface area contributed by atoms with Gasteiger partial charge in [-0.05, 0) is 36.5 Å². The van der Waals surface area contributed by atoms with E-state index in [1.165, 1.54) is 13.2 Å². The van der Waals surface area contributed by atoms with Crippen molar-refractivity contribution in [3.05, 3.63) is 41.5 Å². The number of aliphatic carboxylic acids is 1. The molecule has 0 bridgehead atoms. The van der Waals surface area contributed by atoms with Crippen molar-refractivity contribution in [2.75, 3.05) is 7.11 Å². The summed E-state index contributed by atoms with van der Waals surface area (Å²) in [7, 11) is 1.33. The van der Waals surface area contributed by atoms with Crippen molar-refractivity contribution in [3.63, 3.8) is 0 Å². The SMILES string of the molecule is COC(=O)C=Cc1ccc(CNC2(C(=O)O)CCC2)cc1. The van der Waals surface area contributed by atoms with E-state index in [1.54, 1.807) is 6.08 Å². The smallest absolute Gasteiger partial charge is 0.330 e. The normalized spacial score (nSPS) is 16.4. The number of carboxylic acid groups (broad SMARTS) is 1. The molecule has 1 aliphatic carbocycles. The number of carbonyl (C=O) groups is 2. The summed E-state index contributed by atoms with van der Waals surface area (Å²) in [4.78, 5) is 22.2. The molecule has 5 nitrogen and oxygen atoms in total.